The molecular weight excluding hydrogens is 552 g/mol. The van der Waals surface area contributed by atoms with E-state index in [-0.39, 0.29) is 17.4 Å². The van der Waals surface area contributed by atoms with Crippen molar-refractivity contribution in [1.82, 2.24) is 20.2 Å². The van der Waals surface area contributed by atoms with Gasteiger partial charge in [-0.3, -0.25) is 9.36 Å². The normalized spacial score (nSPS) is 11.4. The van der Waals surface area contributed by atoms with Crippen LogP contribution in [0.25, 0.3) is 17.1 Å². The number of aromatic nitrogens is 3. The molecule has 0 aliphatic carbocycles. The molecule has 0 aliphatic rings. The van der Waals surface area contributed by atoms with E-state index in [0.29, 0.717) is 16.5 Å². The van der Waals surface area contributed by atoms with Gasteiger partial charge in [0, 0.05) is 15.7 Å². The number of amides is 1. The van der Waals surface area contributed by atoms with Crippen LogP contribution in [0, 0.1) is 0 Å². The maximum absolute atomic E-state index is 12.5. The molecule has 4 aromatic rings. The Hall–Kier alpha value is -3.47. The second-order valence-electron chi connectivity index (χ2n) is 8.13. The molecule has 1 heterocycles. The van der Waals surface area contributed by atoms with Gasteiger partial charge in [0.1, 0.15) is 5.69 Å². The standard InChI is InChI=1S/C27H27BrN6O2S/c1-3-33(4-2)23-15-12-20(24(35)16-23)17-29-30-25(36)18-37-27-32-31-26(19-10-13-21(28)14-11-19)34(27)22-8-6-5-7-9-22/h5-17,35H,3-4,18H2,1-2H3,(H,30,36)/b29-17+. The van der Waals surface area contributed by atoms with Gasteiger partial charge < -0.3 is 10.0 Å². The van der Waals surface area contributed by atoms with Crippen molar-refractivity contribution in [2.75, 3.05) is 18.8 Å². The quantitative estimate of drug-likeness (QED) is 0.170. The van der Waals surface area contributed by atoms with E-state index in [2.05, 4.69) is 50.5 Å². The van der Waals surface area contributed by atoms with Crippen molar-refractivity contribution in [1.29, 1.82) is 0 Å². The van der Waals surface area contributed by atoms with Gasteiger partial charge in [0.15, 0.2) is 11.0 Å². The Kier molecular flexibility index (Phi) is 9.10. The van der Waals surface area contributed by atoms with Crippen molar-refractivity contribution < 1.29 is 14.8 Å². The molecular formula is C27H27BrN6O2S. The predicted molar refractivity (Wildman–Crippen MR) is 149 cm³/mol. The van der Waals surface area contributed by atoms with Crippen molar-refractivity contribution >= 4 is 45.5 Å². The molecule has 3 aromatic carbocycles. The van der Waals surface area contributed by atoms with E-state index in [1.54, 1.807) is 12.1 Å². The molecule has 0 radical (unpaired) electrons. The number of hydrogen-bond acceptors (Lipinski definition) is 6. The van der Waals surface area contributed by atoms with Gasteiger partial charge in [-0.05, 0) is 61.9 Å². The van der Waals surface area contributed by atoms with Gasteiger partial charge >= 0.3 is 0 Å². The maximum atomic E-state index is 12.5. The minimum atomic E-state index is -0.314. The first-order valence-electron chi connectivity index (χ1n) is 11.9. The van der Waals surface area contributed by atoms with Crippen LogP contribution in [0.3, 0.4) is 0 Å². The molecule has 8 nitrogen and oxygen atoms in total. The van der Waals surface area contributed by atoms with Gasteiger partial charge in [-0.1, -0.05) is 63.8 Å². The number of nitrogens with zero attached hydrogens (tertiary/aromatic N) is 4. The van der Waals surface area contributed by atoms with E-state index in [9.17, 15) is 9.90 Å². The number of rotatable bonds is 10. The molecule has 37 heavy (non-hydrogen) atoms. The minimum Gasteiger partial charge on any atom is -0.872 e. The molecule has 10 heteroatoms. The Labute approximate surface area is 228 Å². The van der Waals surface area contributed by atoms with Crippen LogP contribution < -0.4 is 15.4 Å². The Balaban J connectivity index is 1.44. The number of halogens is 1. The molecule has 4 rings (SSSR count). The molecule has 2 N–H and O–H groups in total. The third-order valence-electron chi connectivity index (χ3n) is 5.75. The minimum absolute atomic E-state index is 0.0805. The van der Waals surface area contributed by atoms with E-state index in [4.69, 9.17) is 0 Å². The van der Waals surface area contributed by atoms with Crippen LogP contribution in [0.2, 0.25) is 0 Å². The summed E-state index contributed by atoms with van der Waals surface area (Å²) < 4.78 is 2.90. The van der Waals surface area contributed by atoms with Gasteiger partial charge in [-0.2, -0.15) is 5.10 Å². The van der Waals surface area contributed by atoms with Crippen LogP contribution in [0.5, 0.6) is 5.75 Å². The Morgan fingerprint density at radius 3 is 2.49 bits per heavy atom. The number of hydrogen-bond donors (Lipinski definition) is 2. The number of hydrazone groups is 1. The second kappa shape index (κ2) is 12.7. The topological polar surface area (TPSA) is 99.7 Å². The first-order valence-corrected chi connectivity index (χ1v) is 13.7. The van der Waals surface area contributed by atoms with Crippen LogP contribution in [-0.2, 0) is 4.79 Å². The number of quaternary nitrogens is 1. The molecule has 0 saturated carbocycles. The Bertz CT molecular complexity index is 1370. The van der Waals surface area contributed by atoms with Crippen molar-refractivity contribution in [3.05, 3.63) is 82.8 Å². The van der Waals surface area contributed by atoms with Gasteiger partial charge in [-0.25, -0.2) is 5.43 Å². The molecule has 0 fully saturated rings. The average molecular weight is 580 g/mol. The SMILES string of the molecule is CC[NH+](CC)c1ccc(/C=N/NC(=O)CSc2nnc(-c3ccc(Br)cc3)n2-c2ccccc2)c([O-])c1. The van der Waals surface area contributed by atoms with Gasteiger partial charge in [0.2, 0.25) is 0 Å². The molecule has 0 atom stereocenters. The van der Waals surface area contributed by atoms with Crippen molar-refractivity contribution in [2.24, 2.45) is 5.10 Å². The number of para-hydroxylation sites is 1. The van der Waals surface area contributed by atoms with Gasteiger partial charge in [0.25, 0.3) is 5.91 Å². The number of benzene rings is 3. The van der Waals surface area contributed by atoms with E-state index < -0.39 is 0 Å². The first-order chi connectivity index (χ1) is 18.0. The van der Waals surface area contributed by atoms with Crippen LogP contribution in [0.15, 0.2) is 87.5 Å². The van der Waals surface area contributed by atoms with E-state index in [1.165, 1.54) is 22.9 Å². The third kappa shape index (κ3) is 6.65. The Morgan fingerprint density at radius 2 is 1.81 bits per heavy atom. The number of carbonyl (C=O) groups is 1. The zero-order valence-corrected chi connectivity index (χ0v) is 22.9. The fraction of sp³-hybridized carbons (Fsp3) is 0.185. The summed E-state index contributed by atoms with van der Waals surface area (Å²) in [7, 11) is 0. The lowest BCUT2D eigenvalue weighted by atomic mass is 10.2. The predicted octanol–water partition coefficient (Wildman–Crippen LogP) is 3.57. The van der Waals surface area contributed by atoms with Crippen molar-refractivity contribution in [3.63, 3.8) is 0 Å². The summed E-state index contributed by atoms with van der Waals surface area (Å²) in [6, 6.07) is 22.9. The molecule has 190 valence electrons. The van der Waals surface area contributed by atoms with Crippen LogP contribution in [0.1, 0.15) is 19.4 Å². The number of carbonyl (C=O) groups excluding carboxylic acids is 1. The Morgan fingerprint density at radius 1 is 1.08 bits per heavy atom. The summed E-state index contributed by atoms with van der Waals surface area (Å²) in [5.41, 5.74) is 5.67. The second-order valence-corrected chi connectivity index (χ2v) is 9.99. The van der Waals surface area contributed by atoms with Crippen LogP contribution in [0.4, 0.5) is 5.69 Å². The smallest absolute Gasteiger partial charge is 0.250 e. The summed E-state index contributed by atoms with van der Waals surface area (Å²) in [6.07, 6.45) is 1.38. The van der Waals surface area contributed by atoms with E-state index in [1.807, 2.05) is 65.2 Å². The molecule has 0 unspecified atom stereocenters. The summed E-state index contributed by atoms with van der Waals surface area (Å²) in [5.74, 6) is 0.320. The van der Waals surface area contributed by atoms with Crippen molar-refractivity contribution in [3.8, 4) is 22.8 Å². The zero-order chi connectivity index (χ0) is 26.2. The lowest BCUT2D eigenvalue weighted by Crippen LogP contribution is -3.06. The maximum Gasteiger partial charge on any atom is 0.250 e. The van der Waals surface area contributed by atoms with Crippen molar-refractivity contribution in [2.45, 2.75) is 19.0 Å². The largest absolute Gasteiger partial charge is 0.872 e. The molecule has 1 aromatic heterocycles. The van der Waals surface area contributed by atoms with Gasteiger partial charge in [0.05, 0.1) is 25.1 Å². The monoisotopic (exact) mass is 578 g/mol. The number of thioether (sulfide) groups is 1. The molecule has 0 spiro atoms. The fourth-order valence-electron chi connectivity index (χ4n) is 3.81. The highest BCUT2D eigenvalue weighted by Gasteiger charge is 2.17. The summed E-state index contributed by atoms with van der Waals surface area (Å²) >= 11 is 4.72. The highest BCUT2D eigenvalue weighted by Crippen LogP contribution is 2.28. The molecule has 1 amide bonds. The van der Waals surface area contributed by atoms with Gasteiger partial charge in [-0.15, -0.1) is 10.2 Å². The summed E-state index contributed by atoms with van der Waals surface area (Å²) in [4.78, 5) is 13.7. The van der Waals surface area contributed by atoms with E-state index in [0.717, 1.165) is 34.5 Å². The van der Waals surface area contributed by atoms with E-state index >= 15 is 0 Å². The lowest BCUT2D eigenvalue weighted by molar-refractivity contribution is -0.828. The highest BCUT2D eigenvalue weighted by atomic mass is 79.9. The fourth-order valence-corrected chi connectivity index (χ4v) is 4.82. The van der Waals surface area contributed by atoms with Crippen LogP contribution in [-0.4, -0.2) is 45.7 Å². The summed E-state index contributed by atoms with van der Waals surface area (Å²) in [5, 5.41) is 25.7. The zero-order valence-electron chi connectivity index (χ0n) is 20.5. The number of nitrogens with one attached hydrogen (secondary N) is 2. The highest BCUT2D eigenvalue weighted by molar-refractivity contribution is 9.10. The molecule has 0 aliphatic heterocycles. The van der Waals surface area contributed by atoms with Crippen LogP contribution >= 0.6 is 27.7 Å². The first kappa shape index (κ1) is 26.6. The molecule has 0 saturated heterocycles. The third-order valence-corrected chi connectivity index (χ3v) is 7.21. The lowest BCUT2D eigenvalue weighted by Gasteiger charge is -2.18. The molecule has 0 bridgehead atoms. The summed E-state index contributed by atoms with van der Waals surface area (Å²) in [6.45, 7) is 5.96. The average Bonchev–Trinajstić information content (AvgIpc) is 3.34.